The SMILES string of the molecule is COC(=O)CCc1csc(Nc2ccc(Cl)cc2Cl)n1. The lowest BCUT2D eigenvalue weighted by Crippen LogP contribution is -2.02. The Morgan fingerprint density at radius 3 is 2.95 bits per heavy atom. The van der Waals surface area contributed by atoms with Gasteiger partial charge in [0.1, 0.15) is 0 Å². The number of aromatic nitrogens is 1. The topological polar surface area (TPSA) is 51.2 Å². The quantitative estimate of drug-likeness (QED) is 0.830. The number of hydrogen-bond acceptors (Lipinski definition) is 5. The average molecular weight is 331 g/mol. The first-order valence-corrected chi connectivity index (χ1v) is 7.45. The number of anilines is 2. The van der Waals surface area contributed by atoms with E-state index in [1.807, 2.05) is 5.38 Å². The molecule has 0 atom stereocenters. The summed E-state index contributed by atoms with van der Waals surface area (Å²) >= 11 is 13.4. The number of nitrogens with one attached hydrogen (secondary N) is 1. The Morgan fingerprint density at radius 1 is 1.45 bits per heavy atom. The van der Waals surface area contributed by atoms with Gasteiger partial charge in [0.25, 0.3) is 0 Å². The third-order valence-electron chi connectivity index (χ3n) is 2.54. The van der Waals surface area contributed by atoms with Crippen molar-refractivity contribution in [3.05, 3.63) is 39.3 Å². The molecule has 0 saturated carbocycles. The molecule has 0 radical (unpaired) electrons. The van der Waals surface area contributed by atoms with Crippen molar-refractivity contribution in [3.63, 3.8) is 0 Å². The number of rotatable bonds is 5. The van der Waals surface area contributed by atoms with E-state index in [-0.39, 0.29) is 5.97 Å². The predicted octanol–water partition coefficient (Wildman–Crippen LogP) is 4.30. The van der Waals surface area contributed by atoms with Crippen molar-refractivity contribution in [1.29, 1.82) is 0 Å². The van der Waals surface area contributed by atoms with Gasteiger partial charge >= 0.3 is 5.97 Å². The number of hydrogen-bond donors (Lipinski definition) is 1. The second-order valence-corrected chi connectivity index (χ2v) is 5.67. The van der Waals surface area contributed by atoms with Gasteiger partial charge in [0.05, 0.1) is 29.9 Å². The summed E-state index contributed by atoms with van der Waals surface area (Å²) in [4.78, 5) is 15.5. The van der Waals surface area contributed by atoms with E-state index in [9.17, 15) is 4.79 Å². The summed E-state index contributed by atoms with van der Waals surface area (Å²) in [5, 5.41) is 6.85. The molecular formula is C13H12Cl2N2O2S. The first-order chi connectivity index (χ1) is 9.58. The van der Waals surface area contributed by atoms with Crippen LogP contribution in [0, 0.1) is 0 Å². The third kappa shape index (κ3) is 4.10. The van der Waals surface area contributed by atoms with E-state index in [0.717, 1.165) is 11.4 Å². The van der Waals surface area contributed by atoms with Crippen LogP contribution in [0.5, 0.6) is 0 Å². The molecule has 0 bridgehead atoms. The zero-order chi connectivity index (χ0) is 14.5. The fraction of sp³-hybridized carbons (Fsp3) is 0.231. The number of nitrogens with zero attached hydrogens (tertiary/aromatic N) is 1. The minimum atomic E-state index is -0.242. The molecule has 0 saturated heterocycles. The van der Waals surface area contributed by atoms with Gasteiger partial charge in [-0.1, -0.05) is 23.2 Å². The van der Waals surface area contributed by atoms with Crippen molar-refractivity contribution in [3.8, 4) is 0 Å². The Bertz CT molecular complexity index is 616. The summed E-state index contributed by atoms with van der Waals surface area (Å²) in [6, 6.07) is 5.21. The Labute approximate surface area is 130 Å². The van der Waals surface area contributed by atoms with E-state index in [2.05, 4.69) is 15.0 Å². The molecule has 0 unspecified atom stereocenters. The molecule has 7 heteroatoms. The molecule has 2 rings (SSSR count). The van der Waals surface area contributed by atoms with Crippen LogP contribution in [0.25, 0.3) is 0 Å². The number of halogens is 2. The molecule has 0 amide bonds. The van der Waals surface area contributed by atoms with E-state index >= 15 is 0 Å². The molecule has 0 spiro atoms. The zero-order valence-electron chi connectivity index (χ0n) is 10.7. The van der Waals surface area contributed by atoms with Crippen molar-refractivity contribution in [2.75, 3.05) is 12.4 Å². The normalized spacial score (nSPS) is 10.3. The predicted molar refractivity (Wildman–Crippen MR) is 82.2 cm³/mol. The number of thiazole rings is 1. The summed E-state index contributed by atoms with van der Waals surface area (Å²) in [6.45, 7) is 0. The first-order valence-electron chi connectivity index (χ1n) is 5.82. The minimum absolute atomic E-state index is 0.242. The van der Waals surface area contributed by atoms with Gasteiger partial charge in [-0.15, -0.1) is 11.3 Å². The molecule has 106 valence electrons. The maximum atomic E-state index is 11.1. The maximum Gasteiger partial charge on any atom is 0.305 e. The fourth-order valence-electron chi connectivity index (χ4n) is 1.52. The smallest absolute Gasteiger partial charge is 0.305 e. The summed E-state index contributed by atoms with van der Waals surface area (Å²) < 4.78 is 4.59. The molecule has 20 heavy (non-hydrogen) atoms. The Morgan fingerprint density at radius 2 is 2.25 bits per heavy atom. The highest BCUT2D eigenvalue weighted by atomic mass is 35.5. The largest absolute Gasteiger partial charge is 0.469 e. The number of carbonyl (C=O) groups is 1. The third-order valence-corrected chi connectivity index (χ3v) is 3.89. The van der Waals surface area contributed by atoms with Gasteiger partial charge in [0.15, 0.2) is 5.13 Å². The highest BCUT2D eigenvalue weighted by molar-refractivity contribution is 7.13. The number of esters is 1. The standard InChI is InChI=1S/C13H12Cl2N2O2S/c1-19-12(18)5-3-9-7-20-13(16-9)17-11-4-2-8(14)6-10(11)15/h2,4,6-7H,3,5H2,1H3,(H,16,17). The van der Waals surface area contributed by atoms with Gasteiger partial charge in [0.2, 0.25) is 0 Å². The number of carbonyl (C=O) groups excluding carboxylic acids is 1. The van der Waals surface area contributed by atoms with E-state index < -0.39 is 0 Å². The summed E-state index contributed by atoms with van der Waals surface area (Å²) in [6.07, 6.45) is 0.876. The van der Waals surface area contributed by atoms with Crippen LogP contribution >= 0.6 is 34.5 Å². The number of methoxy groups -OCH3 is 1. The molecule has 1 aromatic heterocycles. The molecule has 1 N–H and O–H groups in total. The summed E-state index contributed by atoms with van der Waals surface area (Å²) in [5.74, 6) is -0.242. The van der Waals surface area contributed by atoms with Crippen molar-refractivity contribution < 1.29 is 9.53 Å². The van der Waals surface area contributed by atoms with Crippen molar-refractivity contribution >= 4 is 51.3 Å². The Hall–Kier alpha value is -1.30. The molecule has 1 aromatic carbocycles. The highest BCUT2D eigenvalue weighted by Gasteiger charge is 2.07. The number of ether oxygens (including phenoxy) is 1. The summed E-state index contributed by atoms with van der Waals surface area (Å²) in [7, 11) is 1.37. The van der Waals surface area contributed by atoms with E-state index in [1.54, 1.807) is 18.2 Å². The molecule has 0 aliphatic rings. The average Bonchev–Trinajstić information content (AvgIpc) is 2.87. The van der Waals surface area contributed by atoms with Crippen molar-refractivity contribution in [2.24, 2.45) is 0 Å². The lowest BCUT2D eigenvalue weighted by molar-refractivity contribution is -0.140. The summed E-state index contributed by atoms with van der Waals surface area (Å²) in [5.41, 5.74) is 1.58. The molecular weight excluding hydrogens is 319 g/mol. The van der Waals surface area contributed by atoms with Crippen LogP contribution in [0.15, 0.2) is 23.6 Å². The van der Waals surface area contributed by atoms with Crippen LogP contribution in [0.1, 0.15) is 12.1 Å². The lowest BCUT2D eigenvalue weighted by atomic mass is 10.2. The second-order valence-electron chi connectivity index (χ2n) is 3.97. The Balaban J connectivity index is 2.00. The zero-order valence-corrected chi connectivity index (χ0v) is 13.0. The van der Waals surface area contributed by atoms with Gasteiger partial charge in [-0.25, -0.2) is 4.98 Å². The van der Waals surface area contributed by atoms with Gasteiger partial charge < -0.3 is 10.1 Å². The molecule has 0 aliphatic heterocycles. The molecule has 1 heterocycles. The molecule has 2 aromatic rings. The van der Waals surface area contributed by atoms with Crippen LogP contribution in [0.3, 0.4) is 0 Å². The van der Waals surface area contributed by atoms with Gasteiger partial charge in [-0.3, -0.25) is 4.79 Å². The first kappa shape index (κ1) is 15.1. The highest BCUT2D eigenvalue weighted by Crippen LogP contribution is 2.29. The van der Waals surface area contributed by atoms with Crippen LogP contribution < -0.4 is 5.32 Å². The monoisotopic (exact) mass is 330 g/mol. The van der Waals surface area contributed by atoms with E-state index in [1.165, 1.54) is 18.4 Å². The number of aryl methyl sites for hydroxylation is 1. The van der Waals surface area contributed by atoms with Crippen molar-refractivity contribution in [2.45, 2.75) is 12.8 Å². The van der Waals surface area contributed by atoms with E-state index in [0.29, 0.717) is 28.0 Å². The van der Waals surface area contributed by atoms with Gasteiger partial charge in [-0.2, -0.15) is 0 Å². The van der Waals surface area contributed by atoms with Crippen LogP contribution in [-0.2, 0) is 16.0 Å². The van der Waals surface area contributed by atoms with E-state index in [4.69, 9.17) is 23.2 Å². The number of benzene rings is 1. The lowest BCUT2D eigenvalue weighted by Gasteiger charge is -2.05. The van der Waals surface area contributed by atoms with Crippen LogP contribution in [0.2, 0.25) is 10.0 Å². The van der Waals surface area contributed by atoms with Crippen LogP contribution in [0.4, 0.5) is 10.8 Å². The van der Waals surface area contributed by atoms with Crippen LogP contribution in [-0.4, -0.2) is 18.1 Å². The van der Waals surface area contributed by atoms with Gasteiger partial charge in [0, 0.05) is 16.8 Å². The molecule has 0 aliphatic carbocycles. The fourth-order valence-corrected chi connectivity index (χ4v) is 2.73. The molecule has 4 nitrogen and oxygen atoms in total. The second kappa shape index (κ2) is 6.92. The van der Waals surface area contributed by atoms with Gasteiger partial charge in [-0.05, 0) is 18.2 Å². The Kier molecular flexibility index (Phi) is 5.23. The van der Waals surface area contributed by atoms with Crippen molar-refractivity contribution in [1.82, 2.24) is 4.98 Å². The minimum Gasteiger partial charge on any atom is -0.469 e. The maximum absolute atomic E-state index is 11.1. The molecule has 0 fully saturated rings.